The zero-order valence-electron chi connectivity index (χ0n) is 7.54. The second-order valence-electron chi connectivity index (χ2n) is 2.45. The molecule has 0 fully saturated rings. The van der Waals surface area contributed by atoms with E-state index in [0.717, 1.165) is 0 Å². The Morgan fingerprint density at radius 1 is 1.36 bits per heavy atom. The highest BCUT2D eigenvalue weighted by Crippen LogP contribution is 2.17. The fraction of sp³-hybridized carbons (Fsp3) is 0.222. The van der Waals surface area contributed by atoms with Crippen molar-refractivity contribution in [3.05, 3.63) is 30.3 Å². The molecule has 0 aromatic heterocycles. The van der Waals surface area contributed by atoms with E-state index in [9.17, 15) is 9.36 Å². The molecule has 1 aromatic rings. The summed E-state index contributed by atoms with van der Waals surface area (Å²) in [5, 5.41) is 0. The largest absolute Gasteiger partial charge is 0.445 e. The SMILES string of the molecule is CC(=O)OC(Oc1ccccc1)P=O. The minimum Gasteiger partial charge on any atom is -0.445 e. The molecule has 14 heavy (non-hydrogen) atoms. The summed E-state index contributed by atoms with van der Waals surface area (Å²) in [5.74, 6) is -0.0311. The molecule has 0 saturated carbocycles. The summed E-state index contributed by atoms with van der Waals surface area (Å²) in [4.78, 5) is 10.6. The van der Waals surface area contributed by atoms with Gasteiger partial charge in [0.25, 0.3) is 0 Å². The number of carbonyl (C=O) groups is 1. The highest BCUT2D eigenvalue weighted by molar-refractivity contribution is 7.24. The van der Waals surface area contributed by atoms with Crippen LogP contribution in [0.3, 0.4) is 0 Å². The summed E-state index contributed by atoms with van der Waals surface area (Å²) < 4.78 is 20.3. The van der Waals surface area contributed by atoms with Crippen molar-refractivity contribution in [3.63, 3.8) is 0 Å². The van der Waals surface area contributed by atoms with Gasteiger partial charge in [-0.25, -0.2) is 0 Å². The molecule has 0 saturated heterocycles. The van der Waals surface area contributed by atoms with E-state index >= 15 is 0 Å². The van der Waals surface area contributed by atoms with E-state index in [0.29, 0.717) is 5.75 Å². The van der Waals surface area contributed by atoms with Gasteiger partial charge in [0.15, 0.2) is 0 Å². The maximum atomic E-state index is 10.6. The summed E-state index contributed by atoms with van der Waals surface area (Å²) in [5.41, 5.74) is 0. The quantitative estimate of drug-likeness (QED) is 0.436. The molecule has 74 valence electrons. The first-order chi connectivity index (χ1) is 6.72. The first-order valence-corrected chi connectivity index (χ1v) is 4.82. The molecule has 1 aromatic carbocycles. The molecular weight excluding hydrogens is 203 g/mol. The molecule has 0 aliphatic heterocycles. The van der Waals surface area contributed by atoms with Crippen LogP contribution in [0.15, 0.2) is 30.3 Å². The third-order valence-electron chi connectivity index (χ3n) is 1.33. The predicted molar refractivity (Wildman–Crippen MR) is 50.2 cm³/mol. The van der Waals surface area contributed by atoms with Crippen LogP contribution >= 0.6 is 8.46 Å². The van der Waals surface area contributed by atoms with Gasteiger partial charge in [0.2, 0.25) is 8.46 Å². The lowest BCUT2D eigenvalue weighted by molar-refractivity contribution is -0.151. The molecular formula is C9H9O4P. The summed E-state index contributed by atoms with van der Waals surface area (Å²) in [6.07, 6.45) is 0. The number of benzene rings is 1. The fourth-order valence-electron chi connectivity index (χ4n) is 0.825. The van der Waals surface area contributed by atoms with Crippen LogP contribution in [0.4, 0.5) is 0 Å². The Balaban J connectivity index is 2.57. The van der Waals surface area contributed by atoms with Gasteiger partial charge in [-0.1, -0.05) is 18.2 Å². The molecule has 1 unspecified atom stereocenters. The van der Waals surface area contributed by atoms with E-state index < -0.39 is 12.0 Å². The van der Waals surface area contributed by atoms with Crippen molar-refractivity contribution in [1.29, 1.82) is 0 Å². The summed E-state index contributed by atoms with van der Waals surface area (Å²) in [7, 11) is -0.385. The van der Waals surface area contributed by atoms with E-state index in [-0.39, 0.29) is 8.46 Å². The Bertz CT molecular complexity index is 312. The topological polar surface area (TPSA) is 52.6 Å². The van der Waals surface area contributed by atoms with Gasteiger partial charge in [0, 0.05) is 6.92 Å². The van der Waals surface area contributed by atoms with E-state index in [1.165, 1.54) is 6.92 Å². The first kappa shape index (κ1) is 10.7. The van der Waals surface area contributed by atoms with E-state index in [1.54, 1.807) is 24.3 Å². The van der Waals surface area contributed by atoms with Crippen molar-refractivity contribution < 1.29 is 18.8 Å². The Labute approximate surface area is 83.0 Å². The number of carbonyl (C=O) groups excluding carboxylic acids is 1. The molecule has 0 N–H and O–H groups in total. The molecule has 5 heteroatoms. The number of hydrogen-bond acceptors (Lipinski definition) is 4. The first-order valence-electron chi connectivity index (χ1n) is 3.94. The number of esters is 1. The fourth-order valence-corrected chi connectivity index (χ4v) is 1.18. The monoisotopic (exact) mass is 212 g/mol. The Kier molecular flexibility index (Phi) is 4.08. The minimum atomic E-state index is -1.07. The minimum absolute atomic E-state index is 0.385. The molecule has 4 nitrogen and oxygen atoms in total. The Morgan fingerprint density at radius 2 is 2.00 bits per heavy atom. The number of para-hydroxylation sites is 1. The van der Waals surface area contributed by atoms with Gasteiger partial charge in [0.05, 0.1) is 0 Å². The highest BCUT2D eigenvalue weighted by Gasteiger charge is 2.12. The maximum Gasteiger partial charge on any atom is 0.324 e. The van der Waals surface area contributed by atoms with E-state index in [1.807, 2.05) is 6.07 Å². The molecule has 0 amide bonds. The van der Waals surface area contributed by atoms with Gasteiger partial charge in [-0.15, -0.1) is 0 Å². The second-order valence-corrected chi connectivity index (χ2v) is 3.09. The van der Waals surface area contributed by atoms with Crippen molar-refractivity contribution in [2.45, 2.75) is 13.0 Å². The maximum absolute atomic E-state index is 10.6. The van der Waals surface area contributed by atoms with Crippen LogP contribution in [-0.2, 0) is 14.1 Å². The Hall–Kier alpha value is -1.41. The van der Waals surface area contributed by atoms with Gasteiger partial charge in [-0.3, -0.25) is 9.36 Å². The molecule has 0 heterocycles. The number of rotatable bonds is 4. The van der Waals surface area contributed by atoms with Gasteiger partial charge in [-0.2, -0.15) is 0 Å². The van der Waals surface area contributed by atoms with E-state index in [2.05, 4.69) is 4.74 Å². The summed E-state index contributed by atoms with van der Waals surface area (Å²) in [6.45, 7) is 1.23. The average Bonchev–Trinajstić information content (AvgIpc) is 2.17. The molecule has 0 radical (unpaired) electrons. The smallest absolute Gasteiger partial charge is 0.324 e. The zero-order chi connectivity index (χ0) is 10.4. The lowest BCUT2D eigenvalue weighted by Gasteiger charge is -2.11. The average molecular weight is 212 g/mol. The standard InChI is InChI=1S/C9H9O4P/c1-7(10)12-9(14-11)13-8-5-3-2-4-6-8/h2-6,9H,1H3. The molecule has 0 aliphatic carbocycles. The molecule has 1 rings (SSSR count). The van der Waals surface area contributed by atoms with Crippen molar-refractivity contribution in [2.24, 2.45) is 0 Å². The summed E-state index contributed by atoms with van der Waals surface area (Å²) in [6, 6.07) is 7.64. The van der Waals surface area contributed by atoms with Crippen LogP contribution in [0.1, 0.15) is 6.92 Å². The normalized spacial score (nSPS) is 12.1. The van der Waals surface area contributed by atoms with Crippen LogP contribution in [-0.4, -0.2) is 12.0 Å². The third-order valence-corrected chi connectivity index (χ3v) is 1.72. The van der Waals surface area contributed by atoms with Gasteiger partial charge in [-0.05, 0) is 12.1 Å². The van der Waals surface area contributed by atoms with Crippen molar-refractivity contribution in [1.82, 2.24) is 0 Å². The molecule has 1 atom stereocenters. The van der Waals surface area contributed by atoms with Crippen molar-refractivity contribution in [2.75, 3.05) is 0 Å². The van der Waals surface area contributed by atoms with Crippen LogP contribution in [0, 0.1) is 0 Å². The van der Waals surface area contributed by atoms with Crippen LogP contribution in [0.25, 0.3) is 0 Å². The highest BCUT2D eigenvalue weighted by atomic mass is 31.1. The van der Waals surface area contributed by atoms with Crippen molar-refractivity contribution >= 4 is 14.4 Å². The third kappa shape index (κ3) is 3.54. The predicted octanol–water partition coefficient (Wildman–Crippen LogP) is 2.20. The Morgan fingerprint density at radius 3 is 2.50 bits per heavy atom. The van der Waals surface area contributed by atoms with E-state index in [4.69, 9.17) is 4.74 Å². The lowest BCUT2D eigenvalue weighted by atomic mass is 10.3. The lowest BCUT2D eigenvalue weighted by Crippen LogP contribution is -2.16. The van der Waals surface area contributed by atoms with Crippen molar-refractivity contribution in [3.8, 4) is 5.75 Å². The van der Waals surface area contributed by atoms with Gasteiger partial charge < -0.3 is 9.47 Å². The number of ether oxygens (including phenoxy) is 2. The summed E-state index contributed by atoms with van der Waals surface area (Å²) >= 11 is 0. The number of hydrogen-bond donors (Lipinski definition) is 0. The zero-order valence-corrected chi connectivity index (χ0v) is 8.44. The molecule has 0 aliphatic rings. The van der Waals surface area contributed by atoms with Gasteiger partial charge >= 0.3 is 12.0 Å². The molecule has 0 bridgehead atoms. The second kappa shape index (κ2) is 5.35. The van der Waals surface area contributed by atoms with Crippen LogP contribution in [0.2, 0.25) is 0 Å². The van der Waals surface area contributed by atoms with Crippen LogP contribution < -0.4 is 4.74 Å². The van der Waals surface area contributed by atoms with Gasteiger partial charge in [0.1, 0.15) is 5.75 Å². The van der Waals surface area contributed by atoms with Crippen LogP contribution in [0.5, 0.6) is 5.75 Å². The molecule has 0 spiro atoms.